The molecule has 4 nitrogen and oxygen atoms in total. The molecular weight excluding hydrogens is 240 g/mol. The summed E-state index contributed by atoms with van der Waals surface area (Å²) in [5.41, 5.74) is 1.41. The average Bonchev–Trinajstić information content (AvgIpc) is 2.45. The molecule has 0 unspecified atom stereocenters. The van der Waals surface area contributed by atoms with Crippen molar-refractivity contribution < 1.29 is 9.90 Å². The van der Waals surface area contributed by atoms with E-state index in [0.29, 0.717) is 12.1 Å². The number of carbonyl (C=O) groups excluding carboxylic acids is 1. The van der Waals surface area contributed by atoms with Crippen LogP contribution in [0.1, 0.15) is 22.8 Å². The second kappa shape index (κ2) is 8.30. The first-order valence-corrected chi connectivity index (χ1v) is 6.34. The van der Waals surface area contributed by atoms with Crippen molar-refractivity contribution in [1.82, 2.24) is 10.2 Å². The van der Waals surface area contributed by atoms with Gasteiger partial charge in [-0.3, -0.25) is 4.79 Å². The summed E-state index contributed by atoms with van der Waals surface area (Å²) in [5.74, 6) is 5.28. The van der Waals surface area contributed by atoms with Crippen LogP contribution >= 0.6 is 0 Å². The fraction of sp³-hybridized carbons (Fsp3) is 0.400. The molecule has 2 N–H and O–H groups in total. The predicted molar refractivity (Wildman–Crippen MR) is 75.9 cm³/mol. The van der Waals surface area contributed by atoms with Crippen molar-refractivity contribution in [2.45, 2.75) is 6.92 Å². The maximum atomic E-state index is 11.8. The van der Waals surface area contributed by atoms with Gasteiger partial charge in [0, 0.05) is 24.2 Å². The molecule has 19 heavy (non-hydrogen) atoms. The van der Waals surface area contributed by atoms with E-state index < -0.39 is 0 Å². The van der Waals surface area contributed by atoms with Crippen LogP contribution in [-0.2, 0) is 0 Å². The summed E-state index contributed by atoms with van der Waals surface area (Å²) in [6.07, 6.45) is 0. The van der Waals surface area contributed by atoms with Crippen LogP contribution in [0.3, 0.4) is 0 Å². The molecule has 0 aliphatic rings. The first kappa shape index (κ1) is 15.2. The highest BCUT2D eigenvalue weighted by molar-refractivity contribution is 5.94. The van der Waals surface area contributed by atoms with Gasteiger partial charge in [0.1, 0.15) is 6.61 Å². The summed E-state index contributed by atoms with van der Waals surface area (Å²) in [4.78, 5) is 14.0. The highest BCUT2D eigenvalue weighted by atomic mass is 16.2. The van der Waals surface area contributed by atoms with E-state index in [2.05, 4.69) is 29.0 Å². The number of aliphatic hydroxyl groups excluding tert-OH is 1. The number of rotatable bonds is 5. The largest absolute Gasteiger partial charge is 0.384 e. The molecule has 1 rings (SSSR count). The molecule has 0 spiro atoms. The number of benzene rings is 1. The molecule has 0 fully saturated rings. The van der Waals surface area contributed by atoms with Crippen molar-refractivity contribution in [1.29, 1.82) is 0 Å². The zero-order valence-electron chi connectivity index (χ0n) is 11.4. The van der Waals surface area contributed by atoms with E-state index in [9.17, 15) is 4.79 Å². The van der Waals surface area contributed by atoms with E-state index in [1.54, 1.807) is 24.3 Å². The molecule has 1 aromatic rings. The van der Waals surface area contributed by atoms with Crippen LogP contribution < -0.4 is 5.32 Å². The normalized spacial score (nSPS) is 9.89. The molecule has 4 heteroatoms. The maximum absolute atomic E-state index is 11.8. The van der Waals surface area contributed by atoms with Crippen molar-refractivity contribution in [3.63, 3.8) is 0 Å². The molecule has 0 aromatic heterocycles. The van der Waals surface area contributed by atoms with Gasteiger partial charge in [-0.15, -0.1) is 0 Å². The summed E-state index contributed by atoms with van der Waals surface area (Å²) in [6.45, 7) is 4.35. The Morgan fingerprint density at radius 1 is 1.37 bits per heavy atom. The number of nitrogens with zero attached hydrogens (tertiary/aromatic N) is 1. The average molecular weight is 260 g/mol. The van der Waals surface area contributed by atoms with Gasteiger partial charge in [0.25, 0.3) is 5.91 Å². The molecule has 0 heterocycles. The smallest absolute Gasteiger partial charge is 0.251 e. The van der Waals surface area contributed by atoms with Crippen molar-refractivity contribution >= 4 is 5.91 Å². The van der Waals surface area contributed by atoms with E-state index in [1.165, 1.54) is 0 Å². The number of aliphatic hydroxyl groups is 1. The second-order valence-electron chi connectivity index (χ2n) is 4.19. The summed E-state index contributed by atoms with van der Waals surface area (Å²) < 4.78 is 0. The molecule has 0 radical (unpaired) electrons. The van der Waals surface area contributed by atoms with Gasteiger partial charge in [0.15, 0.2) is 0 Å². The van der Waals surface area contributed by atoms with Gasteiger partial charge in [-0.2, -0.15) is 0 Å². The first-order chi connectivity index (χ1) is 9.17. The van der Waals surface area contributed by atoms with Crippen LogP contribution in [0.25, 0.3) is 0 Å². The van der Waals surface area contributed by atoms with E-state index in [1.807, 2.05) is 7.05 Å². The Morgan fingerprint density at radius 2 is 2.05 bits per heavy atom. The third kappa shape index (κ3) is 5.56. The minimum absolute atomic E-state index is 0.0776. The lowest BCUT2D eigenvalue weighted by Gasteiger charge is -2.13. The van der Waals surface area contributed by atoms with E-state index in [-0.39, 0.29) is 12.5 Å². The van der Waals surface area contributed by atoms with Crippen LogP contribution in [0.5, 0.6) is 0 Å². The molecule has 102 valence electrons. The summed E-state index contributed by atoms with van der Waals surface area (Å²) in [7, 11) is 2.01. The number of nitrogens with one attached hydrogen (secondary N) is 1. The number of hydrogen-bond acceptors (Lipinski definition) is 3. The van der Waals surface area contributed by atoms with E-state index in [0.717, 1.165) is 18.7 Å². The van der Waals surface area contributed by atoms with Gasteiger partial charge in [-0.05, 0) is 37.9 Å². The lowest BCUT2D eigenvalue weighted by molar-refractivity contribution is 0.0950. The SMILES string of the molecule is CCN(C)CCNC(=O)c1ccc(C#CCO)cc1. The Labute approximate surface area is 114 Å². The fourth-order valence-corrected chi connectivity index (χ4v) is 1.47. The zero-order chi connectivity index (χ0) is 14.1. The Hall–Kier alpha value is -1.83. The Morgan fingerprint density at radius 3 is 2.63 bits per heavy atom. The zero-order valence-corrected chi connectivity index (χ0v) is 11.4. The summed E-state index contributed by atoms with van der Waals surface area (Å²) in [5, 5.41) is 11.5. The van der Waals surface area contributed by atoms with Gasteiger partial charge in [-0.1, -0.05) is 18.8 Å². The van der Waals surface area contributed by atoms with Crippen LogP contribution in [0.15, 0.2) is 24.3 Å². The summed E-state index contributed by atoms with van der Waals surface area (Å²) in [6, 6.07) is 7.02. The van der Waals surface area contributed by atoms with E-state index >= 15 is 0 Å². The van der Waals surface area contributed by atoms with Crippen molar-refractivity contribution in [2.24, 2.45) is 0 Å². The lowest BCUT2D eigenvalue weighted by Crippen LogP contribution is -2.32. The van der Waals surface area contributed by atoms with Crippen molar-refractivity contribution in [3.8, 4) is 11.8 Å². The van der Waals surface area contributed by atoms with Crippen molar-refractivity contribution in [2.75, 3.05) is 33.3 Å². The number of hydrogen-bond donors (Lipinski definition) is 2. The van der Waals surface area contributed by atoms with Crippen LogP contribution in [0, 0.1) is 11.8 Å². The standard InChI is InChI=1S/C15H20N2O2/c1-3-17(2)11-10-16-15(19)14-8-6-13(7-9-14)5-4-12-18/h6-9,18H,3,10-12H2,1-2H3,(H,16,19). The monoisotopic (exact) mass is 260 g/mol. The minimum atomic E-state index is -0.160. The Kier molecular flexibility index (Phi) is 6.65. The third-order valence-corrected chi connectivity index (χ3v) is 2.78. The lowest BCUT2D eigenvalue weighted by atomic mass is 10.1. The quantitative estimate of drug-likeness (QED) is 0.767. The van der Waals surface area contributed by atoms with E-state index in [4.69, 9.17) is 5.11 Å². The third-order valence-electron chi connectivity index (χ3n) is 2.78. The highest BCUT2D eigenvalue weighted by Gasteiger charge is 2.04. The maximum Gasteiger partial charge on any atom is 0.251 e. The molecule has 1 aromatic carbocycles. The van der Waals surface area contributed by atoms with Crippen LogP contribution in [0.4, 0.5) is 0 Å². The molecule has 1 amide bonds. The highest BCUT2D eigenvalue weighted by Crippen LogP contribution is 2.03. The first-order valence-electron chi connectivity index (χ1n) is 6.34. The number of amides is 1. The number of carbonyl (C=O) groups is 1. The molecule has 0 bridgehead atoms. The Bertz CT molecular complexity index is 457. The van der Waals surface area contributed by atoms with Gasteiger partial charge in [0.2, 0.25) is 0 Å². The topological polar surface area (TPSA) is 52.6 Å². The molecule has 0 aliphatic heterocycles. The van der Waals surface area contributed by atoms with Gasteiger partial charge in [-0.25, -0.2) is 0 Å². The molecule has 0 atom stereocenters. The van der Waals surface area contributed by atoms with Gasteiger partial charge < -0.3 is 15.3 Å². The fourth-order valence-electron chi connectivity index (χ4n) is 1.47. The Balaban J connectivity index is 2.49. The van der Waals surface area contributed by atoms with Gasteiger partial charge >= 0.3 is 0 Å². The van der Waals surface area contributed by atoms with Gasteiger partial charge in [0.05, 0.1) is 0 Å². The predicted octanol–water partition coefficient (Wildman–Crippen LogP) is 0.712. The van der Waals surface area contributed by atoms with Crippen LogP contribution in [-0.4, -0.2) is 49.2 Å². The molecule has 0 saturated carbocycles. The number of likely N-dealkylation sites (N-methyl/N-ethyl adjacent to an activating group) is 1. The molecule has 0 aliphatic carbocycles. The second-order valence-corrected chi connectivity index (χ2v) is 4.19. The summed E-state index contributed by atoms with van der Waals surface area (Å²) >= 11 is 0. The molecule has 0 saturated heterocycles. The van der Waals surface area contributed by atoms with Crippen molar-refractivity contribution in [3.05, 3.63) is 35.4 Å². The van der Waals surface area contributed by atoms with Crippen LogP contribution in [0.2, 0.25) is 0 Å². The molecular formula is C15H20N2O2. The minimum Gasteiger partial charge on any atom is -0.384 e.